The zero-order valence-electron chi connectivity index (χ0n) is 18.2. The number of rotatable bonds is 6. The highest BCUT2D eigenvalue weighted by Crippen LogP contribution is 2.40. The van der Waals surface area contributed by atoms with E-state index in [0.29, 0.717) is 31.4 Å². The lowest BCUT2D eigenvalue weighted by Gasteiger charge is -2.19. The number of hydrogen-bond donors (Lipinski definition) is 2. The molecule has 0 saturated heterocycles. The molecule has 0 bridgehead atoms. The number of pyridine rings is 1. The van der Waals surface area contributed by atoms with Crippen molar-refractivity contribution in [2.45, 2.75) is 32.6 Å². The molecule has 2 aliphatic rings. The second-order valence-electron chi connectivity index (χ2n) is 8.12. The highest BCUT2D eigenvalue weighted by atomic mass is 32.2. The maximum absolute atomic E-state index is 12.4. The minimum absolute atomic E-state index is 0.449. The molecule has 0 radical (unpaired) electrons. The van der Waals surface area contributed by atoms with Gasteiger partial charge in [0.2, 0.25) is 15.9 Å². The third-order valence-corrected chi connectivity index (χ3v) is 6.16. The number of sulfonamides is 1. The Balaban J connectivity index is 1.67. The van der Waals surface area contributed by atoms with Gasteiger partial charge in [0.25, 0.3) is 0 Å². The maximum atomic E-state index is 12.4. The van der Waals surface area contributed by atoms with Gasteiger partial charge in [-0.2, -0.15) is 0 Å². The Morgan fingerprint density at radius 1 is 1.25 bits per heavy atom. The molecule has 0 unspecified atom stereocenters. The molecule has 0 fully saturated rings. The monoisotopic (exact) mass is 457 g/mol. The number of aromatic nitrogens is 1. The normalized spacial score (nSPS) is 15.6. The van der Waals surface area contributed by atoms with E-state index in [1.54, 1.807) is 6.20 Å². The first-order valence-electron chi connectivity index (χ1n) is 10.6. The Morgan fingerprint density at radius 2 is 2.09 bits per heavy atom. The molecule has 0 spiro atoms. The number of aryl methyl sites for hydroxylation is 2. The Morgan fingerprint density at radius 3 is 2.84 bits per heavy atom. The molecule has 1 aromatic carbocycles. The first-order valence-corrected chi connectivity index (χ1v) is 12.5. The molecule has 0 saturated carbocycles. The second-order valence-corrected chi connectivity index (χ2v) is 9.87. The number of nitrogens with zero attached hydrogens (tertiary/aromatic N) is 1. The zero-order chi connectivity index (χ0) is 22.7. The first kappa shape index (κ1) is 22.3. The number of nitrogens with one attached hydrogen (secondary N) is 2. The van der Waals surface area contributed by atoms with Crippen molar-refractivity contribution in [2.24, 2.45) is 0 Å². The molecule has 4 rings (SSSR count). The number of anilines is 1. The van der Waals surface area contributed by atoms with Crippen LogP contribution in [0.15, 0.2) is 36.0 Å². The molecule has 170 valence electrons. The number of benzene rings is 1. The summed E-state index contributed by atoms with van der Waals surface area (Å²) in [4.78, 5) is 16.7. The van der Waals surface area contributed by atoms with Gasteiger partial charge < -0.3 is 14.8 Å². The number of amides is 2. The summed E-state index contributed by atoms with van der Waals surface area (Å²) in [5.74, 6) is 0.487. The predicted molar refractivity (Wildman–Crippen MR) is 122 cm³/mol. The van der Waals surface area contributed by atoms with Crippen LogP contribution in [-0.4, -0.2) is 45.5 Å². The zero-order valence-corrected chi connectivity index (χ0v) is 19.0. The van der Waals surface area contributed by atoms with Crippen LogP contribution >= 0.6 is 0 Å². The van der Waals surface area contributed by atoms with Gasteiger partial charge in [0.1, 0.15) is 6.61 Å². The van der Waals surface area contributed by atoms with Crippen LogP contribution in [0.4, 0.5) is 10.5 Å². The van der Waals surface area contributed by atoms with Crippen molar-refractivity contribution in [3.05, 3.63) is 52.7 Å². The van der Waals surface area contributed by atoms with Gasteiger partial charge in [-0.25, -0.2) is 22.9 Å². The van der Waals surface area contributed by atoms with Crippen LogP contribution in [0.2, 0.25) is 0 Å². The molecule has 1 aliphatic carbocycles. The third kappa shape index (κ3) is 5.28. The fourth-order valence-corrected chi connectivity index (χ4v) is 4.61. The number of fused-ring (bicyclic) bond motifs is 1. The number of carbonyl (C=O) groups excluding carboxylic acids is 1. The van der Waals surface area contributed by atoms with Crippen molar-refractivity contribution in [3.8, 4) is 17.0 Å². The van der Waals surface area contributed by atoms with Crippen molar-refractivity contribution in [1.82, 2.24) is 9.71 Å². The molecule has 2 aromatic rings. The number of ether oxygens (including phenoxy) is 2. The summed E-state index contributed by atoms with van der Waals surface area (Å²) in [6.45, 7) is 3.73. The van der Waals surface area contributed by atoms with Crippen molar-refractivity contribution in [3.63, 3.8) is 0 Å². The van der Waals surface area contributed by atoms with E-state index in [9.17, 15) is 13.2 Å². The smallest absolute Gasteiger partial charge is 0.332 e. The van der Waals surface area contributed by atoms with Crippen LogP contribution in [0.3, 0.4) is 0 Å². The number of carbonyl (C=O) groups is 1. The molecule has 2 heterocycles. The van der Waals surface area contributed by atoms with E-state index >= 15 is 0 Å². The van der Waals surface area contributed by atoms with Crippen molar-refractivity contribution < 1.29 is 22.7 Å². The molecule has 2 N–H and O–H groups in total. The topological polar surface area (TPSA) is 107 Å². The van der Waals surface area contributed by atoms with Gasteiger partial charge in [0.15, 0.2) is 0 Å². The molecule has 32 heavy (non-hydrogen) atoms. The van der Waals surface area contributed by atoms with E-state index in [4.69, 9.17) is 9.47 Å². The summed E-state index contributed by atoms with van der Waals surface area (Å²) >= 11 is 0. The standard InChI is InChI=1S/C23H27N3O5S/c1-15-12-17-4-3-5-19(17)22(25-23(27)26-32(2,28)29)21(15)18-6-9-24-20(13-18)31-14-16-7-10-30-11-8-16/h6-7,9,12-13H,3-5,8,10-11,14H2,1-2H3,(H2,25,26,27). The maximum Gasteiger partial charge on any atom is 0.332 e. The van der Waals surface area contributed by atoms with Gasteiger partial charge in [0.05, 0.1) is 25.2 Å². The first-order chi connectivity index (χ1) is 15.3. The van der Waals surface area contributed by atoms with Gasteiger partial charge in [-0.05, 0) is 66.5 Å². The summed E-state index contributed by atoms with van der Waals surface area (Å²) in [5.41, 5.74) is 6.72. The Hall–Kier alpha value is -2.91. The van der Waals surface area contributed by atoms with E-state index in [2.05, 4.69) is 16.4 Å². The summed E-state index contributed by atoms with van der Waals surface area (Å²) in [6.07, 6.45) is 8.24. The largest absolute Gasteiger partial charge is 0.473 e. The van der Waals surface area contributed by atoms with Crippen molar-refractivity contribution in [1.29, 1.82) is 0 Å². The van der Waals surface area contributed by atoms with Crippen LogP contribution in [0.25, 0.3) is 11.1 Å². The molecular formula is C23H27N3O5S. The van der Waals surface area contributed by atoms with Crippen LogP contribution in [0, 0.1) is 6.92 Å². The van der Waals surface area contributed by atoms with Crippen molar-refractivity contribution in [2.75, 3.05) is 31.4 Å². The quantitative estimate of drug-likeness (QED) is 0.645. The van der Waals surface area contributed by atoms with Crippen LogP contribution in [0.1, 0.15) is 29.5 Å². The Bertz CT molecular complexity index is 1170. The average molecular weight is 458 g/mol. The fourth-order valence-electron chi connectivity index (χ4n) is 4.22. The van der Waals surface area contributed by atoms with Crippen LogP contribution in [-0.2, 0) is 27.6 Å². The summed E-state index contributed by atoms with van der Waals surface area (Å²) in [5, 5.41) is 2.80. The molecule has 1 aromatic heterocycles. The van der Waals surface area contributed by atoms with Gasteiger partial charge in [-0.1, -0.05) is 12.1 Å². The average Bonchev–Trinajstić information content (AvgIpc) is 3.20. The molecule has 0 atom stereocenters. The van der Waals surface area contributed by atoms with E-state index in [-0.39, 0.29) is 0 Å². The predicted octanol–water partition coefficient (Wildman–Crippen LogP) is 3.35. The second kappa shape index (κ2) is 9.30. The van der Waals surface area contributed by atoms with E-state index < -0.39 is 16.1 Å². The highest BCUT2D eigenvalue weighted by molar-refractivity contribution is 7.89. The lowest BCUT2D eigenvalue weighted by atomic mass is 9.93. The lowest BCUT2D eigenvalue weighted by molar-refractivity contribution is 0.149. The number of urea groups is 1. The lowest BCUT2D eigenvalue weighted by Crippen LogP contribution is -2.34. The van der Waals surface area contributed by atoms with Crippen LogP contribution in [0.5, 0.6) is 5.88 Å². The molecule has 2 amide bonds. The van der Waals surface area contributed by atoms with E-state index in [1.165, 1.54) is 11.1 Å². The Labute approximate surface area is 188 Å². The highest BCUT2D eigenvalue weighted by Gasteiger charge is 2.23. The number of hydrogen-bond acceptors (Lipinski definition) is 6. The summed E-state index contributed by atoms with van der Waals surface area (Å²) in [6, 6.07) is 5.09. The van der Waals surface area contributed by atoms with E-state index in [1.807, 2.05) is 29.9 Å². The molecule has 9 heteroatoms. The van der Waals surface area contributed by atoms with Crippen LogP contribution < -0.4 is 14.8 Å². The van der Waals surface area contributed by atoms with E-state index in [0.717, 1.165) is 54.2 Å². The van der Waals surface area contributed by atoms with Gasteiger partial charge >= 0.3 is 6.03 Å². The van der Waals surface area contributed by atoms with Crippen molar-refractivity contribution >= 4 is 21.7 Å². The van der Waals surface area contributed by atoms with Gasteiger partial charge in [-0.3, -0.25) is 0 Å². The molecule has 1 aliphatic heterocycles. The minimum atomic E-state index is -3.68. The minimum Gasteiger partial charge on any atom is -0.473 e. The molecular weight excluding hydrogens is 430 g/mol. The molecule has 8 nitrogen and oxygen atoms in total. The summed E-state index contributed by atoms with van der Waals surface area (Å²) < 4.78 is 36.3. The summed E-state index contributed by atoms with van der Waals surface area (Å²) in [7, 11) is -3.68. The Kier molecular flexibility index (Phi) is 6.48. The third-order valence-electron chi connectivity index (χ3n) is 5.60. The van der Waals surface area contributed by atoms with Gasteiger partial charge in [0, 0.05) is 17.8 Å². The van der Waals surface area contributed by atoms with Gasteiger partial charge in [-0.15, -0.1) is 0 Å². The SMILES string of the molecule is Cc1cc2c(c(NC(=O)NS(C)(=O)=O)c1-c1ccnc(OCC3=CCOCC3)c1)CCC2. The fraction of sp³-hybridized carbons (Fsp3) is 0.391.